The monoisotopic (exact) mass is 1370 g/mol. The van der Waals surface area contributed by atoms with Crippen LogP contribution in [0.25, 0.3) is 33.1 Å². The van der Waals surface area contributed by atoms with Crippen LogP contribution < -0.4 is 9.05 Å². The standard InChI is InChI=1S/C54H56I4O6P2/c1-9-11-19-33-25-36(20-12-10-2)47-40(26-33)41-27-37(53(3,4)5)28-45(57)51(41)63-65(59-47)62-50-42(29-38(55)31-44(50)54(6,7)8)43-30-39(56)32-46(58)52(43)64-66-60-48(34-21-15-13-16-22-34)49(61-66)35-23-17-14-18-24-35/h13-18,21-32,48-49H,9-12,19-20H2,1-8H3/t48-,49+,65?,66?. The Morgan fingerprint density at radius 2 is 1.12 bits per heavy atom. The highest BCUT2D eigenvalue weighted by Gasteiger charge is 2.42. The first kappa shape index (κ1) is 50.5. The predicted molar refractivity (Wildman–Crippen MR) is 308 cm³/mol. The van der Waals surface area contributed by atoms with E-state index < -0.39 is 16.8 Å². The van der Waals surface area contributed by atoms with Crippen LogP contribution in [0.3, 0.4) is 0 Å². The molecule has 1 aliphatic heterocycles. The number of rotatable bonds is 13. The van der Waals surface area contributed by atoms with Gasteiger partial charge in [-0.15, -0.1) is 0 Å². The second kappa shape index (κ2) is 21.6. The van der Waals surface area contributed by atoms with Crippen molar-refractivity contribution in [2.24, 2.45) is 0 Å². The zero-order chi connectivity index (χ0) is 46.9. The molecule has 6 aromatic carbocycles. The molecule has 0 radical (unpaired) electrons. The summed E-state index contributed by atoms with van der Waals surface area (Å²) < 4.78 is 46.5. The van der Waals surface area contributed by atoms with Gasteiger partial charge in [0.1, 0.15) is 29.3 Å². The van der Waals surface area contributed by atoms with Gasteiger partial charge >= 0.3 is 16.8 Å². The number of hydrogen-bond donors (Lipinski definition) is 0. The van der Waals surface area contributed by atoms with Gasteiger partial charge in [0.15, 0.2) is 5.58 Å². The summed E-state index contributed by atoms with van der Waals surface area (Å²) in [6.45, 7) is 18.0. The van der Waals surface area contributed by atoms with E-state index in [-0.39, 0.29) is 23.0 Å². The summed E-state index contributed by atoms with van der Waals surface area (Å²) in [5, 5.41) is 2.13. The molecule has 7 aromatic rings. The molecule has 6 nitrogen and oxygen atoms in total. The van der Waals surface area contributed by atoms with Gasteiger partial charge in [0, 0.05) is 34.6 Å². The lowest BCUT2D eigenvalue weighted by Gasteiger charge is -2.25. The van der Waals surface area contributed by atoms with Crippen molar-refractivity contribution >= 4 is 129 Å². The first-order valence-electron chi connectivity index (χ1n) is 22.6. The van der Waals surface area contributed by atoms with E-state index in [4.69, 9.17) is 26.5 Å². The molecular formula is C54H56I4O6P2. The first-order chi connectivity index (χ1) is 31.5. The van der Waals surface area contributed by atoms with Gasteiger partial charge in [-0.1, -0.05) is 135 Å². The van der Waals surface area contributed by atoms with E-state index in [1.165, 1.54) is 16.7 Å². The van der Waals surface area contributed by atoms with Crippen molar-refractivity contribution in [2.75, 3.05) is 0 Å². The van der Waals surface area contributed by atoms with Gasteiger partial charge in [-0.2, -0.15) is 0 Å². The number of halogens is 4. The average molecular weight is 1370 g/mol. The van der Waals surface area contributed by atoms with Crippen LogP contribution in [0, 0.1) is 14.3 Å². The summed E-state index contributed by atoms with van der Waals surface area (Å²) in [4.78, 5) is 0. The fourth-order valence-corrected chi connectivity index (χ4v) is 14.4. The van der Waals surface area contributed by atoms with Crippen LogP contribution in [-0.2, 0) is 32.7 Å². The Hall–Kier alpha value is -1.91. The molecule has 0 amide bonds. The van der Waals surface area contributed by atoms with Crippen molar-refractivity contribution in [2.45, 2.75) is 117 Å². The fourth-order valence-electron chi connectivity index (χ4n) is 8.24. The predicted octanol–water partition coefficient (Wildman–Crippen LogP) is 19.6. The minimum Gasteiger partial charge on any atom is -0.425 e. The van der Waals surface area contributed by atoms with E-state index in [0.29, 0.717) is 11.5 Å². The van der Waals surface area contributed by atoms with Gasteiger partial charge in [-0.3, -0.25) is 9.05 Å². The minimum absolute atomic E-state index is 0.0720. The number of hydrogen-bond acceptors (Lipinski definition) is 6. The highest BCUT2D eigenvalue weighted by atomic mass is 127. The van der Waals surface area contributed by atoms with Crippen molar-refractivity contribution in [3.8, 4) is 22.6 Å². The Bertz CT molecular complexity index is 2840. The van der Waals surface area contributed by atoms with Crippen LogP contribution >= 0.6 is 107 Å². The quantitative estimate of drug-likeness (QED) is 0.0847. The molecule has 0 aliphatic carbocycles. The summed E-state index contributed by atoms with van der Waals surface area (Å²) >= 11 is 9.66. The molecule has 2 heterocycles. The van der Waals surface area contributed by atoms with E-state index in [2.05, 4.69) is 219 Å². The van der Waals surface area contributed by atoms with Gasteiger partial charge in [0.2, 0.25) is 0 Å². The largest absolute Gasteiger partial charge is 0.453 e. The van der Waals surface area contributed by atoms with Gasteiger partial charge in [0.05, 0.1) is 7.14 Å². The lowest BCUT2D eigenvalue weighted by Crippen LogP contribution is -2.13. The van der Waals surface area contributed by atoms with Crippen LogP contribution in [0.1, 0.15) is 127 Å². The number of unbranched alkanes of at least 4 members (excludes halogenated alkanes) is 2. The molecule has 2 unspecified atom stereocenters. The lowest BCUT2D eigenvalue weighted by molar-refractivity contribution is 0.159. The van der Waals surface area contributed by atoms with Crippen molar-refractivity contribution in [3.05, 3.63) is 157 Å². The molecule has 66 heavy (non-hydrogen) atoms. The Morgan fingerprint density at radius 1 is 0.561 bits per heavy atom. The third-order valence-electron chi connectivity index (χ3n) is 11.8. The third kappa shape index (κ3) is 11.5. The molecular weight excluding hydrogens is 1310 g/mol. The summed E-state index contributed by atoms with van der Waals surface area (Å²) in [6.07, 6.45) is 5.61. The van der Waals surface area contributed by atoms with E-state index >= 15 is 0 Å². The van der Waals surface area contributed by atoms with Gasteiger partial charge in [-0.25, -0.2) is 0 Å². The van der Waals surface area contributed by atoms with Crippen LogP contribution in [0.4, 0.5) is 0 Å². The third-order valence-corrected chi connectivity index (χ3v) is 16.8. The highest BCUT2D eigenvalue weighted by molar-refractivity contribution is 14.1. The smallest absolute Gasteiger partial charge is 0.425 e. The molecule has 0 N–H and O–H groups in total. The zero-order valence-corrected chi connectivity index (χ0v) is 49.1. The average Bonchev–Trinajstić information content (AvgIpc) is 3.63. The van der Waals surface area contributed by atoms with E-state index in [0.717, 1.165) is 103 Å². The van der Waals surface area contributed by atoms with Gasteiger partial charge in [0.25, 0.3) is 0 Å². The Labute approximate surface area is 447 Å². The normalized spacial score (nSPS) is 16.8. The first-order valence-corrected chi connectivity index (χ1v) is 29.1. The summed E-state index contributed by atoms with van der Waals surface area (Å²) in [6, 6.07) is 38.5. The van der Waals surface area contributed by atoms with E-state index in [1.54, 1.807) is 0 Å². The molecule has 0 saturated carbocycles. The molecule has 1 aliphatic rings. The molecule has 346 valence electrons. The second-order valence-electron chi connectivity index (χ2n) is 19.0. The van der Waals surface area contributed by atoms with Crippen molar-refractivity contribution in [1.82, 2.24) is 0 Å². The fraction of sp³-hybridized carbons (Fsp3) is 0.333. The SMILES string of the molecule is CCCCc1cc(CCCC)c2op(Oc3c(-c4cc(I)cc(I)c4OP4O[C@H](c5ccccc5)[C@H](c5ccccc5)O4)cc(I)cc3C(C)(C)C)oc3c(I)cc(C(C)(C)C)cc3c2c1. The summed E-state index contributed by atoms with van der Waals surface area (Å²) in [7, 11) is -3.86. The minimum atomic E-state index is -2.03. The van der Waals surface area contributed by atoms with Crippen molar-refractivity contribution < 1.29 is 26.5 Å². The Morgan fingerprint density at radius 3 is 1.71 bits per heavy atom. The Kier molecular flexibility index (Phi) is 16.5. The van der Waals surface area contributed by atoms with E-state index in [1.807, 2.05) is 36.4 Å². The molecule has 1 saturated heterocycles. The highest BCUT2D eigenvalue weighted by Crippen LogP contribution is 2.62. The maximum Gasteiger partial charge on any atom is 0.453 e. The molecule has 8 rings (SSSR count). The number of fused-ring (bicyclic) bond motifs is 3. The second-order valence-corrected chi connectivity index (χ2v) is 25.8. The Balaban J connectivity index is 1.33. The van der Waals surface area contributed by atoms with Crippen LogP contribution in [0.15, 0.2) is 118 Å². The lowest BCUT2D eigenvalue weighted by atomic mass is 9.84. The maximum atomic E-state index is 7.40. The molecule has 1 aromatic heterocycles. The van der Waals surface area contributed by atoms with Crippen molar-refractivity contribution in [1.29, 1.82) is 0 Å². The van der Waals surface area contributed by atoms with E-state index in [9.17, 15) is 0 Å². The molecule has 0 spiro atoms. The molecule has 1 fully saturated rings. The van der Waals surface area contributed by atoms with Gasteiger partial charge in [-0.05, 0) is 197 Å². The zero-order valence-electron chi connectivity index (χ0n) is 38.6. The summed E-state index contributed by atoms with van der Waals surface area (Å²) in [5.74, 6) is 1.37. The molecule has 4 atom stereocenters. The molecule has 0 bridgehead atoms. The van der Waals surface area contributed by atoms with Crippen LogP contribution in [0.2, 0.25) is 0 Å². The summed E-state index contributed by atoms with van der Waals surface area (Å²) in [5.41, 5.74) is 9.90. The van der Waals surface area contributed by atoms with Gasteiger partial charge < -0.3 is 17.4 Å². The maximum absolute atomic E-state index is 7.40. The van der Waals surface area contributed by atoms with Crippen LogP contribution in [-0.4, -0.2) is 0 Å². The number of benzene rings is 6. The number of aryl methyl sites for hydroxylation is 2. The van der Waals surface area contributed by atoms with Crippen LogP contribution in [0.5, 0.6) is 11.5 Å². The topological polar surface area (TPSA) is 63.2 Å². The molecule has 12 heteroatoms. The van der Waals surface area contributed by atoms with Crippen molar-refractivity contribution in [3.63, 3.8) is 0 Å².